The van der Waals surface area contributed by atoms with Crippen molar-refractivity contribution in [2.75, 3.05) is 19.7 Å². The van der Waals surface area contributed by atoms with Crippen molar-refractivity contribution >= 4 is 5.97 Å². The van der Waals surface area contributed by atoms with Crippen molar-refractivity contribution in [3.63, 3.8) is 0 Å². The molecule has 0 bridgehead atoms. The van der Waals surface area contributed by atoms with Gasteiger partial charge in [-0.15, -0.1) is 0 Å². The third kappa shape index (κ3) is 4.44. The molecule has 0 aliphatic carbocycles. The number of aliphatic carboxylic acids is 1. The highest BCUT2D eigenvalue weighted by molar-refractivity contribution is 5.80. The van der Waals surface area contributed by atoms with Crippen LogP contribution in [0.15, 0.2) is 11.6 Å². The van der Waals surface area contributed by atoms with Gasteiger partial charge in [-0.3, -0.25) is 0 Å². The fourth-order valence-electron chi connectivity index (χ4n) is 1.76. The van der Waals surface area contributed by atoms with E-state index in [0.717, 1.165) is 31.6 Å². The van der Waals surface area contributed by atoms with Crippen LogP contribution in [0.1, 0.15) is 26.7 Å². The summed E-state index contributed by atoms with van der Waals surface area (Å²) in [5.74, 6) is -0.891. The maximum absolute atomic E-state index is 10.4. The molecule has 0 aromatic carbocycles. The molecule has 2 N–H and O–H groups in total. The molecule has 1 rings (SSSR count). The maximum Gasteiger partial charge on any atom is 0.328 e. The molecule has 1 fully saturated rings. The fraction of sp³-hybridized carbons (Fsp3) is 0.727. The van der Waals surface area contributed by atoms with Gasteiger partial charge in [0.15, 0.2) is 0 Å². The minimum absolute atomic E-state index is 0.0660. The van der Waals surface area contributed by atoms with Gasteiger partial charge >= 0.3 is 5.97 Å². The number of nitrogens with one attached hydrogen (secondary N) is 1. The highest BCUT2D eigenvalue weighted by Crippen LogP contribution is 2.23. The van der Waals surface area contributed by atoms with E-state index in [1.54, 1.807) is 6.92 Å². The van der Waals surface area contributed by atoms with E-state index in [-0.39, 0.29) is 5.60 Å². The summed E-state index contributed by atoms with van der Waals surface area (Å²) >= 11 is 0. The van der Waals surface area contributed by atoms with Crippen LogP contribution < -0.4 is 5.32 Å². The molecule has 0 amide bonds. The lowest BCUT2D eigenvalue weighted by molar-refractivity contribution is -0.131. The zero-order valence-corrected chi connectivity index (χ0v) is 9.38. The Morgan fingerprint density at radius 3 is 2.93 bits per heavy atom. The third-order valence-electron chi connectivity index (χ3n) is 2.57. The lowest BCUT2D eigenvalue weighted by atomic mass is 10.0. The molecule has 1 atom stereocenters. The van der Waals surface area contributed by atoms with Crippen LogP contribution in [0.25, 0.3) is 0 Å². The summed E-state index contributed by atoms with van der Waals surface area (Å²) in [4.78, 5) is 10.4. The van der Waals surface area contributed by atoms with E-state index in [1.165, 1.54) is 6.08 Å². The second kappa shape index (κ2) is 5.28. The second-order valence-corrected chi connectivity index (χ2v) is 4.33. The number of carboxylic acid groups (broad SMARTS) is 1. The highest BCUT2D eigenvalue weighted by atomic mass is 16.5. The monoisotopic (exact) mass is 213 g/mol. The van der Waals surface area contributed by atoms with Crippen molar-refractivity contribution in [1.29, 1.82) is 0 Å². The van der Waals surface area contributed by atoms with Crippen LogP contribution in [0.2, 0.25) is 0 Å². The van der Waals surface area contributed by atoms with E-state index in [2.05, 4.69) is 12.2 Å². The zero-order chi connectivity index (χ0) is 11.3. The first kappa shape index (κ1) is 12.2. The van der Waals surface area contributed by atoms with Crippen LogP contribution in [0, 0.1) is 0 Å². The molecule has 0 aromatic rings. The lowest BCUT2D eigenvalue weighted by Gasteiger charge is -2.23. The molecule has 4 nitrogen and oxygen atoms in total. The smallest absolute Gasteiger partial charge is 0.328 e. The van der Waals surface area contributed by atoms with Crippen molar-refractivity contribution in [2.45, 2.75) is 32.3 Å². The van der Waals surface area contributed by atoms with Gasteiger partial charge in [-0.25, -0.2) is 4.79 Å². The quantitative estimate of drug-likeness (QED) is 0.673. The average molecular weight is 213 g/mol. The number of hydrogen-bond donors (Lipinski definition) is 2. The number of carboxylic acids is 1. The van der Waals surface area contributed by atoms with Crippen molar-refractivity contribution < 1.29 is 14.6 Å². The SMILES string of the molecule is CC(=CC(=O)O)CNCC1(C)CCCO1. The van der Waals surface area contributed by atoms with E-state index >= 15 is 0 Å². The van der Waals surface area contributed by atoms with Crippen LogP contribution >= 0.6 is 0 Å². The minimum atomic E-state index is -0.891. The topological polar surface area (TPSA) is 58.6 Å². The summed E-state index contributed by atoms with van der Waals surface area (Å²) in [7, 11) is 0. The van der Waals surface area contributed by atoms with Crippen LogP contribution in [-0.4, -0.2) is 36.4 Å². The Balaban J connectivity index is 2.23. The normalized spacial score (nSPS) is 26.9. The standard InChI is InChI=1S/C11H19NO3/c1-9(6-10(13)14)7-12-8-11(2)4-3-5-15-11/h6,12H,3-5,7-8H2,1-2H3,(H,13,14). The van der Waals surface area contributed by atoms with Gasteiger partial charge < -0.3 is 15.2 Å². The molecule has 1 saturated heterocycles. The summed E-state index contributed by atoms with van der Waals surface area (Å²) in [6.45, 7) is 6.10. The molecule has 1 heterocycles. The van der Waals surface area contributed by atoms with Gasteiger partial charge in [-0.05, 0) is 26.7 Å². The first-order chi connectivity index (χ1) is 7.02. The van der Waals surface area contributed by atoms with Crippen molar-refractivity contribution in [1.82, 2.24) is 5.32 Å². The van der Waals surface area contributed by atoms with Crippen molar-refractivity contribution in [2.24, 2.45) is 0 Å². The molecular weight excluding hydrogens is 194 g/mol. The molecule has 15 heavy (non-hydrogen) atoms. The molecule has 0 radical (unpaired) electrons. The van der Waals surface area contributed by atoms with Gasteiger partial charge in [0.1, 0.15) is 0 Å². The number of ether oxygens (including phenoxy) is 1. The van der Waals surface area contributed by atoms with Gasteiger partial charge in [0, 0.05) is 25.8 Å². The first-order valence-corrected chi connectivity index (χ1v) is 5.27. The zero-order valence-electron chi connectivity index (χ0n) is 9.38. The lowest BCUT2D eigenvalue weighted by Crippen LogP contribution is -2.37. The Morgan fingerprint density at radius 2 is 2.40 bits per heavy atom. The fourth-order valence-corrected chi connectivity index (χ4v) is 1.76. The first-order valence-electron chi connectivity index (χ1n) is 5.27. The van der Waals surface area contributed by atoms with E-state index in [0.29, 0.717) is 6.54 Å². The molecule has 1 aliphatic rings. The van der Waals surface area contributed by atoms with Crippen molar-refractivity contribution in [3.8, 4) is 0 Å². The van der Waals surface area contributed by atoms with Gasteiger partial charge in [-0.2, -0.15) is 0 Å². The molecule has 1 unspecified atom stereocenters. The summed E-state index contributed by atoms with van der Waals surface area (Å²) in [5.41, 5.74) is 0.757. The van der Waals surface area contributed by atoms with E-state index < -0.39 is 5.97 Å². The second-order valence-electron chi connectivity index (χ2n) is 4.33. The summed E-state index contributed by atoms with van der Waals surface area (Å²) in [6, 6.07) is 0. The molecule has 0 saturated carbocycles. The predicted octanol–water partition coefficient (Wildman–Crippen LogP) is 1.18. The van der Waals surface area contributed by atoms with Gasteiger partial charge in [0.05, 0.1) is 5.60 Å². The number of rotatable bonds is 5. The highest BCUT2D eigenvalue weighted by Gasteiger charge is 2.28. The minimum Gasteiger partial charge on any atom is -0.478 e. The van der Waals surface area contributed by atoms with E-state index in [1.807, 2.05) is 0 Å². The molecule has 1 aliphatic heterocycles. The summed E-state index contributed by atoms with van der Waals surface area (Å²) in [5, 5.41) is 11.7. The Labute approximate surface area is 90.3 Å². The Bertz CT molecular complexity index is 255. The Morgan fingerprint density at radius 1 is 1.67 bits per heavy atom. The van der Waals surface area contributed by atoms with Crippen LogP contribution in [0.5, 0.6) is 0 Å². The molecular formula is C11H19NO3. The largest absolute Gasteiger partial charge is 0.478 e. The van der Waals surface area contributed by atoms with E-state index in [9.17, 15) is 4.79 Å². The molecule has 4 heteroatoms. The molecule has 0 aromatic heterocycles. The number of hydrogen-bond acceptors (Lipinski definition) is 3. The van der Waals surface area contributed by atoms with Crippen LogP contribution in [0.4, 0.5) is 0 Å². The Hall–Kier alpha value is -0.870. The number of carbonyl (C=O) groups is 1. The maximum atomic E-state index is 10.4. The van der Waals surface area contributed by atoms with Gasteiger partial charge in [-0.1, -0.05) is 5.57 Å². The van der Waals surface area contributed by atoms with Crippen molar-refractivity contribution in [3.05, 3.63) is 11.6 Å². The average Bonchev–Trinajstić information content (AvgIpc) is 2.51. The van der Waals surface area contributed by atoms with Crippen LogP contribution in [0.3, 0.4) is 0 Å². The third-order valence-corrected chi connectivity index (χ3v) is 2.57. The Kier molecular flexibility index (Phi) is 4.29. The van der Waals surface area contributed by atoms with E-state index in [4.69, 9.17) is 9.84 Å². The van der Waals surface area contributed by atoms with Gasteiger partial charge in [0.25, 0.3) is 0 Å². The van der Waals surface area contributed by atoms with Gasteiger partial charge in [0.2, 0.25) is 0 Å². The molecule has 86 valence electrons. The molecule has 0 spiro atoms. The van der Waals surface area contributed by atoms with Crippen LogP contribution in [-0.2, 0) is 9.53 Å². The summed E-state index contributed by atoms with van der Waals surface area (Å²) < 4.78 is 5.61. The predicted molar refractivity (Wildman–Crippen MR) is 57.9 cm³/mol. The summed E-state index contributed by atoms with van der Waals surface area (Å²) in [6.07, 6.45) is 3.41.